The molecule has 0 aromatic carbocycles. The van der Waals surface area contributed by atoms with Crippen LogP contribution in [0.4, 0.5) is 0 Å². The molecule has 0 amide bonds. The SMILES string of the molecule is CCC1CCCCC1C(=O)c1cnc2ccsc2c1. The van der Waals surface area contributed by atoms with Crippen molar-refractivity contribution in [1.82, 2.24) is 4.98 Å². The van der Waals surface area contributed by atoms with Gasteiger partial charge in [0.05, 0.1) is 10.2 Å². The first kappa shape index (κ1) is 12.8. The second-order valence-corrected chi connectivity index (χ2v) is 6.40. The maximum absolute atomic E-state index is 12.7. The van der Waals surface area contributed by atoms with Crippen LogP contribution in [0.3, 0.4) is 0 Å². The number of carbonyl (C=O) groups excluding carboxylic acids is 1. The van der Waals surface area contributed by atoms with Crippen LogP contribution in [0.1, 0.15) is 49.4 Å². The van der Waals surface area contributed by atoms with Gasteiger partial charge in [0.15, 0.2) is 5.78 Å². The van der Waals surface area contributed by atoms with E-state index in [1.165, 1.54) is 19.3 Å². The third-order valence-corrected chi connectivity index (χ3v) is 5.21. The number of rotatable bonds is 3. The third kappa shape index (κ3) is 2.44. The summed E-state index contributed by atoms with van der Waals surface area (Å²) in [5.74, 6) is 1.10. The van der Waals surface area contributed by atoms with Crippen molar-refractivity contribution in [3.63, 3.8) is 0 Å². The largest absolute Gasteiger partial charge is 0.294 e. The van der Waals surface area contributed by atoms with Gasteiger partial charge in [-0.2, -0.15) is 0 Å². The first-order chi connectivity index (χ1) is 9.29. The Labute approximate surface area is 117 Å². The molecule has 0 radical (unpaired) electrons. The van der Waals surface area contributed by atoms with E-state index in [0.717, 1.165) is 28.6 Å². The lowest BCUT2D eigenvalue weighted by Crippen LogP contribution is -2.27. The second-order valence-electron chi connectivity index (χ2n) is 5.45. The molecular formula is C16H19NOS. The molecule has 1 fully saturated rings. The van der Waals surface area contributed by atoms with Gasteiger partial charge in [-0.1, -0.05) is 26.2 Å². The Morgan fingerprint density at radius 1 is 1.42 bits per heavy atom. The lowest BCUT2D eigenvalue weighted by Gasteiger charge is -2.29. The minimum absolute atomic E-state index is 0.220. The fourth-order valence-corrected chi connectivity index (χ4v) is 4.02. The van der Waals surface area contributed by atoms with E-state index in [2.05, 4.69) is 11.9 Å². The molecule has 100 valence electrons. The summed E-state index contributed by atoms with van der Waals surface area (Å²) >= 11 is 1.66. The molecule has 1 saturated carbocycles. The second kappa shape index (κ2) is 5.41. The molecule has 2 heterocycles. The molecule has 2 unspecified atom stereocenters. The maximum Gasteiger partial charge on any atom is 0.167 e. The van der Waals surface area contributed by atoms with E-state index in [1.54, 1.807) is 17.5 Å². The number of nitrogens with zero attached hydrogens (tertiary/aromatic N) is 1. The van der Waals surface area contributed by atoms with Crippen molar-refractivity contribution in [3.8, 4) is 0 Å². The van der Waals surface area contributed by atoms with Gasteiger partial charge in [-0.3, -0.25) is 9.78 Å². The summed E-state index contributed by atoms with van der Waals surface area (Å²) < 4.78 is 1.12. The van der Waals surface area contributed by atoms with E-state index in [-0.39, 0.29) is 5.92 Å². The highest BCUT2D eigenvalue weighted by atomic mass is 32.1. The first-order valence-corrected chi connectivity index (χ1v) is 8.05. The Morgan fingerprint density at radius 3 is 3.11 bits per heavy atom. The van der Waals surface area contributed by atoms with Crippen molar-refractivity contribution in [3.05, 3.63) is 29.3 Å². The Morgan fingerprint density at radius 2 is 2.26 bits per heavy atom. The molecule has 1 aliphatic carbocycles. The number of aromatic nitrogens is 1. The van der Waals surface area contributed by atoms with Crippen molar-refractivity contribution in [1.29, 1.82) is 0 Å². The van der Waals surface area contributed by atoms with E-state index >= 15 is 0 Å². The molecule has 2 aromatic heterocycles. The molecule has 0 bridgehead atoms. The van der Waals surface area contributed by atoms with Gasteiger partial charge in [0.25, 0.3) is 0 Å². The van der Waals surface area contributed by atoms with Gasteiger partial charge in [-0.05, 0) is 36.3 Å². The van der Waals surface area contributed by atoms with Crippen LogP contribution >= 0.6 is 11.3 Å². The molecular weight excluding hydrogens is 254 g/mol. The number of hydrogen-bond donors (Lipinski definition) is 0. The highest BCUT2D eigenvalue weighted by molar-refractivity contribution is 7.17. The van der Waals surface area contributed by atoms with Crippen molar-refractivity contribution in [2.45, 2.75) is 39.0 Å². The number of pyridine rings is 1. The lowest BCUT2D eigenvalue weighted by atomic mass is 9.74. The number of carbonyl (C=O) groups is 1. The van der Waals surface area contributed by atoms with E-state index in [0.29, 0.717) is 11.7 Å². The Balaban J connectivity index is 1.89. The van der Waals surface area contributed by atoms with Crippen molar-refractivity contribution >= 4 is 27.3 Å². The molecule has 1 aliphatic rings. The average molecular weight is 273 g/mol. The fraction of sp³-hybridized carbons (Fsp3) is 0.500. The summed E-state index contributed by atoms with van der Waals surface area (Å²) in [5, 5.41) is 2.03. The summed E-state index contributed by atoms with van der Waals surface area (Å²) in [6, 6.07) is 4.03. The minimum Gasteiger partial charge on any atom is -0.294 e. The molecule has 0 N–H and O–H groups in total. The lowest BCUT2D eigenvalue weighted by molar-refractivity contribution is 0.0820. The molecule has 2 atom stereocenters. The smallest absolute Gasteiger partial charge is 0.167 e. The minimum atomic E-state index is 0.220. The Bertz CT molecular complexity index is 589. The normalized spacial score (nSPS) is 23.6. The highest BCUT2D eigenvalue weighted by Crippen LogP contribution is 2.35. The topological polar surface area (TPSA) is 30.0 Å². The molecule has 2 aromatic rings. The average Bonchev–Trinajstić information content (AvgIpc) is 2.93. The van der Waals surface area contributed by atoms with Gasteiger partial charge in [0.2, 0.25) is 0 Å². The Kier molecular flexibility index (Phi) is 3.65. The van der Waals surface area contributed by atoms with E-state index in [1.807, 2.05) is 17.5 Å². The van der Waals surface area contributed by atoms with Crippen molar-refractivity contribution in [2.75, 3.05) is 0 Å². The zero-order chi connectivity index (χ0) is 13.2. The van der Waals surface area contributed by atoms with Gasteiger partial charge in [0, 0.05) is 17.7 Å². The molecule has 0 spiro atoms. The monoisotopic (exact) mass is 273 g/mol. The van der Waals surface area contributed by atoms with E-state index in [4.69, 9.17) is 0 Å². The zero-order valence-electron chi connectivity index (χ0n) is 11.3. The first-order valence-electron chi connectivity index (χ1n) is 7.17. The molecule has 2 nitrogen and oxygen atoms in total. The predicted octanol–water partition coefficient (Wildman–Crippen LogP) is 4.70. The van der Waals surface area contributed by atoms with Crippen LogP contribution in [-0.2, 0) is 0 Å². The standard InChI is InChI=1S/C16H19NOS/c1-2-11-5-3-4-6-13(11)16(18)12-9-15-14(17-10-12)7-8-19-15/h7-11,13H,2-6H2,1H3. The number of hydrogen-bond acceptors (Lipinski definition) is 3. The van der Waals surface area contributed by atoms with Gasteiger partial charge < -0.3 is 0 Å². The summed E-state index contributed by atoms with van der Waals surface area (Å²) in [6.45, 7) is 2.21. The van der Waals surface area contributed by atoms with Crippen LogP contribution in [-0.4, -0.2) is 10.8 Å². The van der Waals surface area contributed by atoms with Gasteiger partial charge in [-0.25, -0.2) is 0 Å². The number of Topliss-reactive ketones (excluding diaryl/α,β-unsaturated/α-hetero) is 1. The number of thiophene rings is 1. The van der Waals surface area contributed by atoms with Crippen LogP contribution < -0.4 is 0 Å². The predicted molar refractivity (Wildman–Crippen MR) is 79.7 cm³/mol. The van der Waals surface area contributed by atoms with Crippen LogP contribution in [0.25, 0.3) is 10.2 Å². The van der Waals surface area contributed by atoms with E-state index in [9.17, 15) is 4.79 Å². The fourth-order valence-electron chi connectivity index (χ4n) is 3.24. The Hall–Kier alpha value is -1.22. The molecule has 0 aliphatic heterocycles. The number of ketones is 1. The van der Waals surface area contributed by atoms with Crippen molar-refractivity contribution < 1.29 is 4.79 Å². The molecule has 3 rings (SSSR count). The van der Waals surface area contributed by atoms with Crippen LogP contribution in [0.5, 0.6) is 0 Å². The highest BCUT2D eigenvalue weighted by Gasteiger charge is 2.30. The van der Waals surface area contributed by atoms with Crippen LogP contribution in [0.15, 0.2) is 23.7 Å². The van der Waals surface area contributed by atoms with Crippen LogP contribution in [0, 0.1) is 11.8 Å². The van der Waals surface area contributed by atoms with Crippen LogP contribution in [0.2, 0.25) is 0 Å². The maximum atomic E-state index is 12.7. The summed E-state index contributed by atoms with van der Waals surface area (Å²) in [7, 11) is 0. The third-order valence-electron chi connectivity index (χ3n) is 4.36. The molecule has 0 saturated heterocycles. The molecule has 19 heavy (non-hydrogen) atoms. The van der Waals surface area contributed by atoms with E-state index < -0.39 is 0 Å². The molecule has 3 heteroatoms. The zero-order valence-corrected chi connectivity index (χ0v) is 12.1. The van der Waals surface area contributed by atoms with Gasteiger partial charge in [-0.15, -0.1) is 11.3 Å². The number of fused-ring (bicyclic) bond motifs is 1. The summed E-state index contributed by atoms with van der Waals surface area (Å²) in [5.41, 5.74) is 1.80. The van der Waals surface area contributed by atoms with Gasteiger partial charge in [0.1, 0.15) is 0 Å². The summed E-state index contributed by atoms with van der Waals surface area (Å²) in [6.07, 6.45) is 7.62. The quantitative estimate of drug-likeness (QED) is 0.759. The summed E-state index contributed by atoms with van der Waals surface area (Å²) in [4.78, 5) is 17.1. The van der Waals surface area contributed by atoms with Crippen molar-refractivity contribution in [2.24, 2.45) is 11.8 Å². The van der Waals surface area contributed by atoms with Gasteiger partial charge >= 0.3 is 0 Å².